The number of carbonyl (C=O) groups is 1. The molecule has 0 aliphatic rings. The van der Waals surface area contributed by atoms with E-state index in [1.807, 2.05) is 19.0 Å². The molecule has 4 nitrogen and oxygen atoms in total. The number of rotatable bonds is 6. The summed E-state index contributed by atoms with van der Waals surface area (Å²) in [6, 6.07) is 8.55. The third-order valence-corrected chi connectivity index (χ3v) is 6.62. The van der Waals surface area contributed by atoms with Crippen LogP contribution in [0.15, 0.2) is 24.3 Å². The standard InChI is InChI=1S/C24H31N3OS/c1-15-12-18(4)20(19(5)13-15)14-21(28)27(11-10-26(6)7)24-25-22-16(2)8-9-17(3)23(22)29-24/h8-9,12-13H,10-11,14H2,1-7H3. The lowest BCUT2D eigenvalue weighted by Crippen LogP contribution is -2.37. The minimum absolute atomic E-state index is 0.108. The molecular formula is C24H31N3OS. The molecule has 1 heterocycles. The second-order valence-corrected chi connectivity index (χ2v) is 9.25. The Hall–Kier alpha value is -2.24. The van der Waals surface area contributed by atoms with Gasteiger partial charge in [0.1, 0.15) is 0 Å². The second-order valence-electron chi connectivity index (χ2n) is 8.28. The summed E-state index contributed by atoms with van der Waals surface area (Å²) in [5, 5.41) is 0.798. The predicted octanol–water partition coefficient (Wildman–Crippen LogP) is 4.98. The molecule has 0 saturated carbocycles. The maximum Gasteiger partial charge on any atom is 0.233 e. The summed E-state index contributed by atoms with van der Waals surface area (Å²) in [4.78, 5) is 22.3. The van der Waals surface area contributed by atoms with Gasteiger partial charge in [0.25, 0.3) is 0 Å². The van der Waals surface area contributed by atoms with Crippen LogP contribution in [-0.2, 0) is 11.2 Å². The Morgan fingerprint density at radius 1 is 0.931 bits per heavy atom. The lowest BCUT2D eigenvalue weighted by Gasteiger charge is -2.23. The number of likely N-dealkylation sites (N-methyl/N-ethyl adjacent to an activating group) is 1. The largest absolute Gasteiger partial charge is 0.308 e. The topological polar surface area (TPSA) is 36.4 Å². The number of benzene rings is 2. The van der Waals surface area contributed by atoms with E-state index < -0.39 is 0 Å². The number of anilines is 1. The Balaban J connectivity index is 1.98. The van der Waals surface area contributed by atoms with Gasteiger partial charge in [-0.15, -0.1) is 0 Å². The molecule has 0 bridgehead atoms. The molecule has 0 saturated heterocycles. The number of nitrogens with zero attached hydrogens (tertiary/aromatic N) is 3. The molecule has 29 heavy (non-hydrogen) atoms. The molecule has 0 fully saturated rings. The molecule has 5 heteroatoms. The van der Waals surface area contributed by atoms with E-state index in [4.69, 9.17) is 4.98 Å². The Morgan fingerprint density at radius 2 is 1.55 bits per heavy atom. The van der Waals surface area contributed by atoms with Crippen molar-refractivity contribution in [1.29, 1.82) is 0 Å². The van der Waals surface area contributed by atoms with Gasteiger partial charge < -0.3 is 4.90 Å². The normalized spacial score (nSPS) is 11.4. The SMILES string of the molecule is Cc1cc(C)c(CC(=O)N(CCN(C)C)c2nc3c(C)ccc(C)c3s2)c(C)c1. The first-order valence-electron chi connectivity index (χ1n) is 10.1. The average molecular weight is 410 g/mol. The molecule has 3 rings (SSSR count). The van der Waals surface area contributed by atoms with Gasteiger partial charge in [-0.2, -0.15) is 0 Å². The van der Waals surface area contributed by atoms with E-state index >= 15 is 0 Å². The summed E-state index contributed by atoms with van der Waals surface area (Å²) in [6.07, 6.45) is 0.402. The van der Waals surface area contributed by atoms with Crippen molar-refractivity contribution in [3.8, 4) is 0 Å². The van der Waals surface area contributed by atoms with E-state index in [-0.39, 0.29) is 5.91 Å². The van der Waals surface area contributed by atoms with Crippen LogP contribution in [0.2, 0.25) is 0 Å². The molecule has 0 N–H and O–H groups in total. The molecule has 1 amide bonds. The maximum absolute atomic E-state index is 13.4. The van der Waals surface area contributed by atoms with Gasteiger partial charge in [0.05, 0.1) is 16.6 Å². The minimum Gasteiger partial charge on any atom is -0.308 e. The van der Waals surface area contributed by atoms with Crippen LogP contribution in [0.5, 0.6) is 0 Å². The fourth-order valence-electron chi connectivity index (χ4n) is 3.73. The third kappa shape index (κ3) is 4.68. The fraction of sp³-hybridized carbons (Fsp3) is 0.417. The lowest BCUT2D eigenvalue weighted by atomic mass is 9.97. The zero-order valence-electron chi connectivity index (χ0n) is 18.6. The van der Waals surface area contributed by atoms with E-state index in [0.717, 1.165) is 28.3 Å². The molecule has 0 radical (unpaired) electrons. The number of fused-ring (bicyclic) bond motifs is 1. The van der Waals surface area contributed by atoms with Crippen LogP contribution < -0.4 is 4.90 Å². The van der Waals surface area contributed by atoms with E-state index in [1.54, 1.807) is 11.3 Å². The molecule has 154 valence electrons. The third-order valence-electron chi connectivity index (χ3n) is 5.40. The van der Waals surface area contributed by atoms with E-state index in [1.165, 1.54) is 27.0 Å². The van der Waals surface area contributed by atoms with Crippen molar-refractivity contribution in [2.45, 2.75) is 41.0 Å². The van der Waals surface area contributed by atoms with Crippen molar-refractivity contribution in [2.24, 2.45) is 0 Å². The summed E-state index contributed by atoms with van der Waals surface area (Å²) < 4.78 is 1.17. The van der Waals surface area contributed by atoms with Crippen LogP contribution in [0.4, 0.5) is 5.13 Å². The van der Waals surface area contributed by atoms with Crippen LogP contribution >= 0.6 is 11.3 Å². The van der Waals surface area contributed by atoms with Crippen molar-refractivity contribution < 1.29 is 4.79 Å². The molecule has 1 aromatic heterocycles. The highest BCUT2D eigenvalue weighted by molar-refractivity contribution is 7.22. The minimum atomic E-state index is 0.108. The van der Waals surface area contributed by atoms with Gasteiger partial charge in [-0.3, -0.25) is 9.69 Å². The number of hydrogen-bond donors (Lipinski definition) is 0. The van der Waals surface area contributed by atoms with Crippen molar-refractivity contribution >= 4 is 32.6 Å². The number of aromatic nitrogens is 1. The van der Waals surface area contributed by atoms with E-state index in [9.17, 15) is 4.79 Å². The highest BCUT2D eigenvalue weighted by atomic mass is 32.1. The smallest absolute Gasteiger partial charge is 0.233 e. The van der Waals surface area contributed by atoms with Crippen LogP contribution in [0, 0.1) is 34.6 Å². The molecule has 0 atom stereocenters. The fourth-order valence-corrected chi connectivity index (χ4v) is 4.88. The number of carbonyl (C=O) groups excluding carboxylic acids is 1. The number of aryl methyl sites for hydroxylation is 5. The Kier molecular flexibility index (Phi) is 6.39. The van der Waals surface area contributed by atoms with Gasteiger partial charge in [-0.25, -0.2) is 4.98 Å². The second kappa shape index (κ2) is 8.64. The first-order chi connectivity index (χ1) is 13.7. The quantitative estimate of drug-likeness (QED) is 0.576. The van der Waals surface area contributed by atoms with Gasteiger partial charge in [-0.1, -0.05) is 41.2 Å². The molecule has 2 aromatic carbocycles. The van der Waals surface area contributed by atoms with Gasteiger partial charge in [0, 0.05) is 13.1 Å². The van der Waals surface area contributed by atoms with Crippen LogP contribution in [-0.4, -0.2) is 43.0 Å². The number of hydrogen-bond acceptors (Lipinski definition) is 4. The summed E-state index contributed by atoms with van der Waals surface area (Å²) >= 11 is 1.62. The number of amides is 1. The Bertz CT molecular complexity index is 990. The highest BCUT2D eigenvalue weighted by Crippen LogP contribution is 2.33. The predicted molar refractivity (Wildman–Crippen MR) is 124 cm³/mol. The maximum atomic E-state index is 13.4. The van der Waals surface area contributed by atoms with E-state index in [2.05, 4.69) is 63.8 Å². The molecule has 0 unspecified atom stereocenters. The zero-order valence-corrected chi connectivity index (χ0v) is 19.4. The van der Waals surface area contributed by atoms with Crippen molar-refractivity contribution in [3.63, 3.8) is 0 Å². The Morgan fingerprint density at radius 3 is 2.14 bits per heavy atom. The average Bonchev–Trinajstić information content (AvgIpc) is 3.07. The Labute approximate surface area is 178 Å². The summed E-state index contributed by atoms with van der Waals surface area (Å²) in [5.41, 5.74) is 8.09. The van der Waals surface area contributed by atoms with Crippen molar-refractivity contribution in [3.05, 3.63) is 57.6 Å². The molecule has 3 aromatic rings. The van der Waals surface area contributed by atoms with Gasteiger partial charge in [-0.05, 0) is 76.5 Å². The van der Waals surface area contributed by atoms with Gasteiger partial charge in [0.15, 0.2) is 5.13 Å². The van der Waals surface area contributed by atoms with Crippen molar-refractivity contribution in [2.75, 3.05) is 32.1 Å². The van der Waals surface area contributed by atoms with Gasteiger partial charge in [0.2, 0.25) is 5.91 Å². The summed E-state index contributed by atoms with van der Waals surface area (Å²) in [5.74, 6) is 0.108. The van der Waals surface area contributed by atoms with Crippen LogP contribution in [0.3, 0.4) is 0 Å². The molecule has 0 spiro atoms. The van der Waals surface area contributed by atoms with Gasteiger partial charge >= 0.3 is 0 Å². The summed E-state index contributed by atoms with van der Waals surface area (Å²) in [7, 11) is 4.06. The highest BCUT2D eigenvalue weighted by Gasteiger charge is 2.22. The van der Waals surface area contributed by atoms with E-state index in [0.29, 0.717) is 13.0 Å². The lowest BCUT2D eigenvalue weighted by molar-refractivity contribution is -0.118. The van der Waals surface area contributed by atoms with Crippen LogP contribution in [0.25, 0.3) is 10.2 Å². The first-order valence-corrected chi connectivity index (χ1v) is 10.9. The van der Waals surface area contributed by atoms with Crippen molar-refractivity contribution in [1.82, 2.24) is 9.88 Å². The molecule has 0 aliphatic carbocycles. The molecular weight excluding hydrogens is 378 g/mol. The first kappa shape index (κ1) is 21.5. The number of thiazole rings is 1. The zero-order chi connectivity index (χ0) is 21.3. The summed E-state index contributed by atoms with van der Waals surface area (Å²) in [6.45, 7) is 11.9. The van der Waals surface area contributed by atoms with Crippen LogP contribution in [0.1, 0.15) is 33.4 Å². The molecule has 0 aliphatic heterocycles. The monoisotopic (exact) mass is 409 g/mol.